The number of carbonyl (C=O) groups is 1. The number of benzene rings is 1. The molecule has 2 aliphatic rings. The Labute approximate surface area is 163 Å². The molecule has 4 rings (SSSR count). The minimum atomic E-state index is -0.182. The zero-order valence-corrected chi connectivity index (χ0v) is 16.2. The molecule has 140 valence electrons. The van der Waals surface area contributed by atoms with E-state index in [1.807, 2.05) is 30.3 Å². The number of aromatic nitrogens is 1. The van der Waals surface area contributed by atoms with Crippen LogP contribution in [0, 0.1) is 5.92 Å². The minimum Gasteiger partial charge on any atom is -0.373 e. The Balaban J connectivity index is 0.00000196. The number of hydrogen-bond donors (Lipinski definition) is 2. The van der Waals surface area contributed by atoms with Crippen molar-refractivity contribution in [2.24, 2.45) is 11.7 Å². The van der Waals surface area contributed by atoms with Gasteiger partial charge in [0.05, 0.1) is 17.7 Å². The Morgan fingerprint density at radius 3 is 2.88 bits per heavy atom. The highest BCUT2D eigenvalue weighted by atomic mass is 35.5. The summed E-state index contributed by atoms with van der Waals surface area (Å²) in [7, 11) is 0. The molecule has 1 aromatic carbocycles. The zero-order chi connectivity index (χ0) is 17.2. The van der Waals surface area contributed by atoms with E-state index in [1.165, 1.54) is 4.88 Å². The van der Waals surface area contributed by atoms with Crippen molar-refractivity contribution >= 4 is 34.8 Å². The first-order valence-corrected chi connectivity index (χ1v) is 9.74. The van der Waals surface area contributed by atoms with Gasteiger partial charge >= 0.3 is 0 Å². The summed E-state index contributed by atoms with van der Waals surface area (Å²) in [5.41, 5.74) is 8.20. The lowest BCUT2D eigenvalue weighted by atomic mass is 9.89. The molecule has 2 heterocycles. The van der Waals surface area contributed by atoms with E-state index >= 15 is 0 Å². The summed E-state index contributed by atoms with van der Waals surface area (Å²) in [6.07, 6.45) is 4.30. The summed E-state index contributed by atoms with van der Waals surface area (Å²) in [5.74, 6) is -0.178. The number of rotatable bonds is 3. The molecule has 1 aliphatic heterocycles. The second kappa shape index (κ2) is 8.48. The summed E-state index contributed by atoms with van der Waals surface area (Å²) >= 11 is 1.56. The maximum absolute atomic E-state index is 12.9. The van der Waals surface area contributed by atoms with E-state index in [0.717, 1.165) is 43.4 Å². The van der Waals surface area contributed by atoms with Crippen LogP contribution in [-0.2, 0) is 22.4 Å². The topological polar surface area (TPSA) is 77.2 Å². The number of anilines is 1. The summed E-state index contributed by atoms with van der Waals surface area (Å²) in [6, 6.07) is 10.2. The summed E-state index contributed by atoms with van der Waals surface area (Å²) < 4.78 is 5.94. The number of ether oxygens (including phenoxy) is 1. The van der Waals surface area contributed by atoms with E-state index < -0.39 is 0 Å². The Morgan fingerprint density at radius 1 is 1.27 bits per heavy atom. The maximum Gasteiger partial charge on any atom is 0.232 e. The van der Waals surface area contributed by atoms with Crippen molar-refractivity contribution in [1.29, 1.82) is 0 Å². The van der Waals surface area contributed by atoms with Gasteiger partial charge in [0.2, 0.25) is 5.91 Å². The molecule has 0 bridgehead atoms. The molecule has 1 amide bonds. The van der Waals surface area contributed by atoms with Crippen LogP contribution in [0.15, 0.2) is 30.3 Å². The third-order valence-corrected chi connectivity index (χ3v) is 6.03. The van der Waals surface area contributed by atoms with Crippen LogP contribution in [0.1, 0.15) is 41.5 Å². The van der Waals surface area contributed by atoms with Gasteiger partial charge in [0.15, 0.2) is 5.13 Å². The molecule has 26 heavy (non-hydrogen) atoms. The van der Waals surface area contributed by atoms with Gasteiger partial charge in [0.25, 0.3) is 0 Å². The molecule has 1 aliphatic carbocycles. The summed E-state index contributed by atoms with van der Waals surface area (Å²) in [4.78, 5) is 18.7. The van der Waals surface area contributed by atoms with E-state index in [9.17, 15) is 4.79 Å². The van der Waals surface area contributed by atoms with Crippen LogP contribution in [0.25, 0.3) is 0 Å². The molecule has 2 aromatic rings. The molecule has 3 N–H and O–H groups in total. The first-order valence-electron chi connectivity index (χ1n) is 8.92. The van der Waals surface area contributed by atoms with Crippen molar-refractivity contribution in [3.05, 3.63) is 46.5 Å². The molecule has 0 spiro atoms. The van der Waals surface area contributed by atoms with Crippen LogP contribution in [0.5, 0.6) is 0 Å². The van der Waals surface area contributed by atoms with Crippen LogP contribution in [-0.4, -0.2) is 23.5 Å². The second-order valence-corrected chi connectivity index (χ2v) is 7.92. The van der Waals surface area contributed by atoms with Crippen molar-refractivity contribution in [2.75, 3.05) is 11.9 Å². The van der Waals surface area contributed by atoms with Gasteiger partial charge in [0, 0.05) is 17.5 Å². The molecule has 0 radical (unpaired) electrons. The number of nitrogens with zero attached hydrogens (tertiary/aromatic N) is 1. The summed E-state index contributed by atoms with van der Waals surface area (Å²) in [6.45, 7) is 0.701. The third-order valence-electron chi connectivity index (χ3n) is 5.00. The van der Waals surface area contributed by atoms with Crippen molar-refractivity contribution < 1.29 is 9.53 Å². The van der Waals surface area contributed by atoms with Gasteiger partial charge in [-0.15, -0.1) is 23.7 Å². The Hall–Kier alpha value is -1.47. The second-order valence-electron chi connectivity index (χ2n) is 6.83. The van der Waals surface area contributed by atoms with E-state index in [4.69, 9.17) is 10.5 Å². The molecule has 1 fully saturated rings. The minimum absolute atomic E-state index is 0. The van der Waals surface area contributed by atoms with Crippen molar-refractivity contribution in [3.63, 3.8) is 0 Å². The third kappa shape index (κ3) is 4.09. The average molecular weight is 394 g/mol. The highest BCUT2D eigenvalue weighted by Crippen LogP contribution is 2.35. The number of fused-ring (bicyclic) bond motifs is 1. The molecule has 0 saturated carbocycles. The predicted octanol–water partition coefficient (Wildman–Crippen LogP) is 3.49. The van der Waals surface area contributed by atoms with Gasteiger partial charge in [-0.2, -0.15) is 0 Å². The van der Waals surface area contributed by atoms with E-state index in [2.05, 4.69) is 10.3 Å². The fourth-order valence-corrected chi connectivity index (χ4v) is 4.78. The number of halogens is 1. The smallest absolute Gasteiger partial charge is 0.232 e. The van der Waals surface area contributed by atoms with E-state index in [0.29, 0.717) is 11.7 Å². The lowest BCUT2D eigenvalue weighted by molar-refractivity contribution is -0.129. The lowest BCUT2D eigenvalue weighted by Gasteiger charge is -2.30. The zero-order valence-electron chi connectivity index (χ0n) is 14.5. The van der Waals surface area contributed by atoms with Crippen LogP contribution in [0.4, 0.5) is 5.13 Å². The van der Waals surface area contributed by atoms with Gasteiger partial charge < -0.3 is 15.8 Å². The fourth-order valence-electron chi connectivity index (χ4n) is 3.67. The quantitative estimate of drug-likeness (QED) is 0.836. The number of carbonyl (C=O) groups excluding carboxylic acids is 1. The number of nitrogens with one attached hydrogen (secondary N) is 1. The molecule has 1 saturated heterocycles. The lowest BCUT2D eigenvalue weighted by Crippen LogP contribution is -2.33. The number of nitrogens with two attached hydrogens (primary N) is 1. The maximum atomic E-state index is 12.9. The molecule has 3 atom stereocenters. The average Bonchev–Trinajstić information content (AvgIpc) is 3.03. The van der Waals surface area contributed by atoms with Crippen molar-refractivity contribution in [3.8, 4) is 0 Å². The van der Waals surface area contributed by atoms with Crippen LogP contribution < -0.4 is 11.1 Å². The highest BCUT2D eigenvalue weighted by molar-refractivity contribution is 7.15. The van der Waals surface area contributed by atoms with Crippen molar-refractivity contribution in [1.82, 2.24) is 4.98 Å². The fraction of sp³-hybridized carbons (Fsp3) is 0.474. The summed E-state index contributed by atoms with van der Waals surface area (Å²) in [5, 5.41) is 3.73. The van der Waals surface area contributed by atoms with Crippen LogP contribution >= 0.6 is 23.7 Å². The molecular weight excluding hydrogens is 370 g/mol. The molecule has 1 aromatic heterocycles. The van der Waals surface area contributed by atoms with Gasteiger partial charge in [0.1, 0.15) is 0 Å². The first kappa shape index (κ1) is 19.3. The Morgan fingerprint density at radius 2 is 2.08 bits per heavy atom. The number of hydrogen-bond acceptors (Lipinski definition) is 5. The van der Waals surface area contributed by atoms with Gasteiger partial charge in [-0.05, 0) is 37.7 Å². The van der Waals surface area contributed by atoms with Gasteiger partial charge in [-0.25, -0.2) is 4.98 Å². The Kier molecular flexibility index (Phi) is 6.29. The Bertz CT molecular complexity index is 752. The predicted molar refractivity (Wildman–Crippen MR) is 106 cm³/mol. The van der Waals surface area contributed by atoms with Crippen molar-refractivity contribution in [2.45, 2.75) is 44.2 Å². The first-order chi connectivity index (χ1) is 12.2. The number of thiazole rings is 1. The monoisotopic (exact) mass is 393 g/mol. The van der Waals surface area contributed by atoms with Gasteiger partial charge in [-0.3, -0.25) is 4.79 Å². The van der Waals surface area contributed by atoms with Crippen LogP contribution in [0.2, 0.25) is 0 Å². The standard InChI is InChI=1S/C19H23N3O2S.ClH/c20-13-8-9-15-16(11-13)25-19(21-15)22-18(23)14-7-4-10-24-17(14)12-5-2-1-3-6-12;/h1-3,5-6,13-14,17H,4,7-11,20H2,(H,21,22,23);1H/t13-,14?,17?;/m0./s1. The van der Waals surface area contributed by atoms with Crippen LogP contribution in [0.3, 0.4) is 0 Å². The number of amides is 1. The number of aryl methyl sites for hydroxylation is 1. The molecule has 5 nitrogen and oxygen atoms in total. The van der Waals surface area contributed by atoms with E-state index in [-0.39, 0.29) is 36.4 Å². The SMILES string of the molecule is Cl.N[C@H]1CCc2nc(NC(=O)C3CCCOC3c3ccccc3)sc2C1. The van der Waals surface area contributed by atoms with E-state index in [1.54, 1.807) is 11.3 Å². The van der Waals surface area contributed by atoms with Gasteiger partial charge in [-0.1, -0.05) is 30.3 Å². The molecular formula is C19H24ClN3O2S. The largest absolute Gasteiger partial charge is 0.373 e. The molecule has 7 heteroatoms. The molecule has 2 unspecified atom stereocenters. The highest BCUT2D eigenvalue weighted by Gasteiger charge is 2.33. The normalized spacial score (nSPS) is 25.0.